The minimum Gasteiger partial charge on any atom is -0.508 e. The van der Waals surface area contributed by atoms with Gasteiger partial charge in [0.05, 0.1) is 0 Å². The number of nitrogens with one attached hydrogen (secondary N) is 2. The summed E-state index contributed by atoms with van der Waals surface area (Å²) in [4.78, 5) is 42.0. The predicted octanol–water partition coefficient (Wildman–Crippen LogP) is 5.22. The van der Waals surface area contributed by atoms with Crippen molar-refractivity contribution in [2.45, 2.75) is 118 Å². The second kappa shape index (κ2) is 13.5. The zero-order valence-corrected chi connectivity index (χ0v) is 23.8. The number of hydrogen-bond acceptors (Lipinski definition) is 5. The summed E-state index contributed by atoms with van der Waals surface area (Å²) in [5, 5.41) is 15.9. The first-order chi connectivity index (χ1) is 16.6. The Morgan fingerprint density at radius 2 is 1.67 bits per heavy atom. The number of amides is 3. The van der Waals surface area contributed by atoms with Gasteiger partial charge in [0.2, 0.25) is 11.8 Å². The van der Waals surface area contributed by atoms with Gasteiger partial charge >= 0.3 is 6.09 Å². The van der Waals surface area contributed by atoms with Gasteiger partial charge in [0.1, 0.15) is 23.4 Å². The third-order valence-corrected chi connectivity index (χ3v) is 6.10. The Bertz CT molecular complexity index is 894. The Balaban J connectivity index is 3.56. The van der Waals surface area contributed by atoms with Crippen molar-refractivity contribution in [2.75, 3.05) is 0 Å². The normalized spacial score (nSPS) is 15.0. The van der Waals surface area contributed by atoms with Gasteiger partial charge < -0.3 is 25.4 Å². The molecule has 0 aliphatic heterocycles. The molecule has 0 aliphatic rings. The highest BCUT2D eigenvalue weighted by atomic mass is 16.6. The van der Waals surface area contributed by atoms with Gasteiger partial charge in [0, 0.05) is 12.1 Å². The van der Waals surface area contributed by atoms with E-state index in [4.69, 9.17) is 4.74 Å². The van der Waals surface area contributed by atoms with Crippen LogP contribution in [0.2, 0.25) is 0 Å². The number of rotatable bonds is 11. The number of alkyl carbamates (subject to hydrolysis) is 1. The summed E-state index contributed by atoms with van der Waals surface area (Å²) in [6.45, 7) is 18.6. The first-order valence-corrected chi connectivity index (χ1v) is 13.0. The predicted molar refractivity (Wildman–Crippen MR) is 143 cm³/mol. The van der Waals surface area contributed by atoms with E-state index < -0.39 is 23.8 Å². The summed E-state index contributed by atoms with van der Waals surface area (Å²) < 4.78 is 5.41. The molecule has 4 atom stereocenters. The second-order valence-electron chi connectivity index (χ2n) is 11.0. The molecular weight excluding hydrogens is 458 g/mol. The molecule has 8 heteroatoms. The quantitative estimate of drug-likeness (QED) is 0.382. The lowest BCUT2D eigenvalue weighted by molar-refractivity contribution is -0.146. The van der Waals surface area contributed by atoms with E-state index in [0.717, 1.165) is 12.8 Å². The lowest BCUT2D eigenvalue weighted by Crippen LogP contribution is -2.57. The summed E-state index contributed by atoms with van der Waals surface area (Å²) >= 11 is 0. The summed E-state index contributed by atoms with van der Waals surface area (Å²) in [6.07, 6.45) is 1.64. The van der Waals surface area contributed by atoms with Crippen LogP contribution >= 0.6 is 0 Å². The monoisotopic (exact) mass is 505 g/mol. The number of hydrogen-bond donors (Lipinski definition) is 3. The van der Waals surface area contributed by atoms with Crippen molar-refractivity contribution in [3.63, 3.8) is 0 Å². The molecule has 3 amide bonds. The fourth-order valence-corrected chi connectivity index (χ4v) is 4.02. The fraction of sp³-hybridized carbons (Fsp3) is 0.679. The Labute approximate surface area is 217 Å². The summed E-state index contributed by atoms with van der Waals surface area (Å²) in [5.41, 5.74) is 0.489. The maximum atomic E-state index is 14.1. The van der Waals surface area contributed by atoms with Crippen molar-refractivity contribution < 1.29 is 24.2 Å². The smallest absolute Gasteiger partial charge is 0.408 e. The first kappa shape index (κ1) is 31.3. The van der Waals surface area contributed by atoms with E-state index in [9.17, 15) is 19.5 Å². The molecule has 0 radical (unpaired) electrons. The van der Waals surface area contributed by atoms with Crippen molar-refractivity contribution >= 4 is 17.9 Å². The minimum absolute atomic E-state index is 0.0714. The van der Waals surface area contributed by atoms with Gasteiger partial charge in [-0.1, -0.05) is 40.2 Å². The zero-order valence-electron chi connectivity index (χ0n) is 23.8. The standard InChI is InChI=1S/C28H47N3O5/c1-11-13-19(6)29-25(33)24(21-14-15-22(32)18(5)16-21)31(20(7)12-2)26(34)23(17(3)4)30-27(35)36-28(8,9)10/h14-17,19-20,23-24,32H,11-13H2,1-10H3,(H,29,33)(H,30,35). The fourth-order valence-electron chi connectivity index (χ4n) is 4.02. The Morgan fingerprint density at radius 1 is 1.06 bits per heavy atom. The molecule has 1 aromatic carbocycles. The summed E-state index contributed by atoms with van der Waals surface area (Å²) in [6, 6.07) is 2.74. The van der Waals surface area contributed by atoms with Crippen LogP contribution in [0.1, 0.15) is 98.7 Å². The molecule has 0 saturated heterocycles. The number of ether oxygens (including phenoxy) is 1. The van der Waals surface area contributed by atoms with Gasteiger partial charge in [0.25, 0.3) is 0 Å². The molecule has 0 spiro atoms. The molecule has 0 fully saturated rings. The number of benzene rings is 1. The number of carbonyl (C=O) groups is 3. The Hall–Kier alpha value is -2.77. The van der Waals surface area contributed by atoms with Gasteiger partial charge in [0.15, 0.2) is 0 Å². The Kier molecular flexibility index (Phi) is 11.7. The molecule has 8 nitrogen and oxygen atoms in total. The lowest BCUT2D eigenvalue weighted by Gasteiger charge is -2.39. The molecule has 204 valence electrons. The maximum absolute atomic E-state index is 14.1. The van der Waals surface area contributed by atoms with E-state index in [0.29, 0.717) is 17.5 Å². The average Bonchev–Trinajstić information content (AvgIpc) is 2.75. The second-order valence-corrected chi connectivity index (χ2v) is 11.0. The van der Waals surface area contributed by atoms with E-state index in [1.165, 1.54) is 0 Å². The number of carbonyl (C=O) groups excluding carboxylic acids is 3. The van der Waals surface area contributed by atoms with Crippen LogP contribution in [0.3, 0.4) is 0 Å². The van der Waals surface area contributed by atoms with Crippen molar-refractivity contribution in [3.05, 3.63) is 29.3 Å². The SMILES string of the molecule is CCCC(C)NC(=O)C(c1ccc(O)c(C)c1)N(C(=O)C(NC(=O)OC(C)(C)C)C(C)C)C(C)CC. The van der Waals surface area contributed by atoms with E-state index in [2.05, 4.69) is 10.6 Å². The molecule has 1 aromatic rings. The number of phenols is 1. The van der Waals surface area contributed by atoms with Crippen molar-refractivity contribution in [2.24, 2.45) is 5.92 Å². The van der Waals surface area contributed by atoms with Gasteiger partial charge in [-0.15, -0.1) is 0 Å². The first-order valence-electron chi connectivity index (χ1n) is 13.0. The van der Waals surface area contributed by atoms with Crippen LogP contribution in [0, 0.1) is 12.8 Å². The minimum atomic E-state index is -0.937. The van der Waals surface area contributed by atoms with Gasteiger partial charge in [-0.3, -0.25) is 9.59 Å². The largest absolute Gasteiger partial charge is 0.508 e. The van der Waals surface area contributed by atoms with Crippen LogP contribution in [0.5, 0.6) is 5.75 Å². The van der Waals surface area contributed by atoms with E-state index in [1.54, 1.807) is 50.8 Å². The topological polar surface area (TPSA) is 108 Å². The van der Waals surface area contributed by atoms with Gasteiger partial charge in [-0.05, 0) is 83.6 Å². The molecule has 0 aromatic heterocycles. The highest BCUT2D eigenvalue weighted by Gasteiger charge is 2.39. The van der Waals surface area contributed by atoms with Crippen LogP contribution in [-0.4, -0.2) is 51.6 Å². The third-order valence-electron chi connectivity index (χ3n) is 6.10. The van der Waals surface area contributed by atoms with E-state index in [1.807, 2.05) is 41.5 Å². The molecule has 0 bridgehead atoms. The van der Waals surface area contributed by atoms with Crippen LogP contribution in [0.15, 0.2) is 18.2 Å². The molecule has 4 unspecified atom stereocenters. The van der Waals surface area contributed by atoms with E-state index >= 15 is 0 Å². The average molecular weight is 506 g/mol. The van der Waals surface area contributed by atoms with Crippen molar-refractivity contribution in [3.8, 4) is 5.75 Å². The summed E-state index contributed by atoms with van der Waals surface area (Å²) in [7, 11) is 0. The molecule has 0 saturated carbocycles. The van der Waals surface area contributed by atoms with Gasteiger partial charge in [-0.2, -0.15) is 0 Å². The number of aromatic hydroxyl groups is 1. The molecule has 0 aliphatic carbocycles. The molecule has 0 heterocycles. The third kappa shape index (κ3) is 9.03. The van der Waals surface area contributed by atoms with Crippen LogP contribution in [0.25, 0.3) is 0 Å². The van der Waals surface area contributed by atoms with Crippen LogP contribution in [-0.2, 0) is 14.3 Å². The molecule has 1 rings (SSSR count). The number of nitrogens with zero attached hydrogens (tertiary/aromatic N) is 1. The lowest BCUT2D eigenvalue weighted by atomic mass is 9.95. The zero-order chi connectivity index (χ0) is 27.8. The van der Waals surface area contributed by atoms with Crippen molar-refractivity contribution in [1.82, 2.24) is 15.5 Å². The van der Waals surface area contributed by atoms with Crippen molar-refractivity contribution in [1.29, 1.82) is 0 Å². The van der Waals surface area contributed by atoms with E-state index in [-0.39, 0.29) is 35.6 Å². The summed E-state index contributed by atoms with van der Waals surface area (Å²) in [5.74, 6) is -0.792. The van der Waals surface area contributed by atoms with Gasteiger partial charge in [-0.25, -0.2) is 4.79 Å². The highest BCUT2D eigenvalue weighted by molar-refractivity contribution is 5.92. The Morgan fingerprint density at radius 3 is 2.14 bits per heavy atom. The van der Waals surface area contributed by atoms with Crippen LogP contribution < -0.4 is 10.6 Å². The molecular formula is C28H47N3O5. The molecule has 36 heavy (non-hydrogen) atoms. The maximum Gasteiger partial charge on any atom is 0.408 e. The number of phenolic OH excluding ortho intramolecular Hbond substituents is 1. The van der Waals surface area contributed by atoms with Crippen LogP contribution in [0.4, 0.5) is 4.79 Å². The number of aryl methyl sites for hydroxylation is 1. The molecule has 3 N–H and O–H groups in total. The highest BCUT2D eigenvalue weighted by Crippen LogP contribution is 2.30.